The van der Waals surface area contributed by atoms with E-state index >= 15 is 0 Å². The Morgan fingerprint density at radius 1 is 1.03 bits per heavy atom. The first-order chi connectivity index (χ1) is 14.9. The Bertz CT molecular complexity index is 1140. The van der Waals surface area contributed by atoms with Gasteiger partial charge in [-0.2, -0.15) is 5.01 Å². The molecule has 2 atom stereocenters. The van der Waals surface area contributed by atoms with Gasteiger partial charge >= 0.3 is 6.03 Å². The fourth-order valence-electron chi connectivity index (χ4n) is 3.94. The molecule has 0 aromatic heterocycles. The molecule has 1 aliphatic heterocycles. The standard InChI is InChI=1S/C24H24N4O3/c1-16(19-14-8-10-17-9-6-7-13-20(17)19)25-15-21(29)27-28-22(30)24(2,26-23(28)31)18-11-4-3-5-12-18/h3-14,16,25H,15H2,1-2H3,(H,26,31)(H,27,29)/p+1/t16-,24+/m1/s1. The van der Waals surface area contributed by atoms with Crippen LogP contribution in [0.1, 0.15) is 31.0 Å². The van der Waals surface area contributed by atoms with Crippen LogP contribution in [0.4, 0.5) is 4.79 Å². The molecule has 158 valence electrons. The van der Waals surface area contributed by atoms with Crippen molar-refractivity contribution in [1.82, 2.24) is 15.8 Å². The van der Waals surface area contributed by atoms with Gasteiger partial charge in [0.15, 0.2) is 6.54 Å². The molecule has 3 aromatic rings. The van der Waals surface area contributed by atoms with Crippen molar-refractivity contribution >= 4 is 28.6 Å². The third-order valence-corrected chi connectivity index (χ3v) is 5.75. The smallest absolute Gasteiger partial charge is 0.332 e. The van der Waals surface area contributed by atoms with Crippen molar-refractivity contribution in [2.24, 2.45) is 0 Å². The predicted octanol–water partition coefficient (Wildman–Crippen LogP) is 1.96. The molecule has 0 unspecified atom stereocenters. The van der Waals surface area contributed by atoms with Gasteiger partial charge in [-0.1, -0.05) is 72.8 Å². The van der Waals surface area contributed by atoms with E-state index in [1.807, 2.05) is 42.6 Å². The molecular formula is C24H25N4O3+. The van der Waals surface area contributed by atoms with E-state index in [1.165, 1.54) is 0 Å². The van der Waals surface area contributed by atoms with Gasteiger partial charge in [0, 0.05) is 5.56 Å². The maximum atomic E-state index is 12.9. The third-order valence-electron chi connectivity index (χ3n) is 5.75. The summed E-state index contributed by atoms with van der Waals surface area (Å²) in [5, 5.41) is 7.61. The summed E-state index contributed by atoms with van der Waals surface area (Å²) in [6, 6.07) is 22.5. The molecule has 4 N–H and O–H groups in total. The minimum Gasteiger partial charge on any atom is -0.332 e. The second kappa shape index (κ2) is 8.20. The number of rotatable bonds is 6. The second-order valence-corrected chi connectivity index (χ2v) is 7.89. The Morgan fingerprint density at radius 2 is 1.71 bits per heavy atom. The molecule has 4 amide bonds. The largest absolute Gasteiger partial charge is 0.344 e. The zero-order valence-electron chi connectivity index (χ0n) is 17.5. The summed E-state index contributed by atoms with van der Waals surface area (Å²) in [5.74, 6) is -0.938. The van der Waals surface area contributed by atoms with E-state index in [0.717, 1.165) is 21.3 Å². The Hall–Kier alpha value is -3.71. The fourth-order valence-corrected chi connectivity index (χ4v) is 3.94. The van der Waals surface area contributed by atoms with Crippen LogP contribution in [0.3, 0.4) is 0 Å². The number of nitrogens with one attached hydrogen (secondary N) is 2. The van der Waals surface area contributed by atoms with Gasteiger partial charge in [-0.3, -0.25) is 15.0 Å². The molecule has 0 bridgehead atoms. The van der Waals surface area contributed by atoms with Crippen LogP contribution in [0.15, 0.2) is 72.8 Å². The summed E-state index contributed by atoms with van der Waals surface area (Å²) in [5.41, 5.74) is 3.01. The van der Waals surface area contributed by atoms with Crippen LogP contribution >= 0.6 is 0 Å². The third kappa shape index (κ3) is 3.87. The van der Waals surface area contributed by atoms with Crippen molar-refractivity contribution in [3.8, 4) is 0 Å². The zero-order chi connectivity index (χ0) is 22.0. The van der Waals surface area contributed by atoms with E-state index in [0.29, 0.717) is 5.56 Å². The zero-order valence-corrected chi connectivity index (χ0v) is 17.5. The van der Waals surface area contributed by atoms with Gasteiger partial charge in [-0.05, 0) is 30.2 Å². The topological polar surface area (TPSA) is 95.1 Å². The summed E-state index contributed by atoms with van der Waals surface area (Å²) in [4.78, 5) is 37.8. The molecule has 1 saturated heterocycles. The summed E-state index contributed by atoms with van der Waals surface area (Å²) >= 11 is 0. The first-order valence-electron chi connectivity index (χ1n) is 10.2. The molecule has 7 heteroatoms. The highest BCUT2D eigenvalue weighted by Gasteiger charge is 2.50. The lowest BCUT2D eigenvalue weighted by molar-refractivity contribution is -0.682. The lowest BCUT2D eigenvalue weighted by Crippen LogP contribution is -2.87. The maximum Gasteiger partial charge on any atom is 0.344 e. The number of benzene rings is 3. The Kier molecular flexibility index (Phi) is 5.44. The van der Waals surface area contributed by atoms with Crippen LogP contribution in [-0.2, 0) is 15.1 Å². The number of quaternary nitrogens is 1. The average Bonchev–Trinajstić information content (AvgIpc) is 3.01. The van der Waals surface area contributed by atoms with Crippen molar-refractivity contribution < 1.29 is 19.7 Å². The van der Waals surface area contributed by atoms with Gasteiger partial charge in [0.1, 0.15) is 11.6 Å². The number of imide groups is 1. The predicted molar refractivity (Wildman–Crippen MR) is 116 cm³/mol. The van der Waals surface area contributed by atoms with Gasteiger partial charge < -0.3 is 10.6 Å². The summed E-state index contributed by atoms with van der Waals surface area (Å²) in [7, 11) is 0. The molecule has 0 spiro atoms. The van der Waals surface area contributed by atoms with E-state index in [2.05, 4.69) is 28.9 Å². The highest BCUT2D eigenvalue weighted by Crippen LogP contribution is 2.27. The van der Waals surface area contributed by atoms with E-state index < -0.39 is 23.4 Å². The normalized spacial score (nSPS) is 19.4. The van der Waals surface area contributed by atoms with Gasteiger partial charge in [-0.15, -0.1) is 0 Å². The summed E-state index contributed by atoms with van der Waals surface area (Å²) in [6.07, 6.45) is 0. The van der Waals surface area contributed by atoms with Gasteiger partial charge in [0.2, 0.25) is 0 Å². The Morgan fingerprint density at radius 3 is 2.48 bits per heavy atom. The number of carbonyl (C=O) groups excluding carboxylic acids is 3. The van der Waals surface area contributed by atoms with Crippen molar-refractivity contribution in [3.05, 3.63) is 83.9 Å². The Balaban J connectivity index is 1.41. The number of carbonyl (C=O) groups is 3. The molecular weight excluding hydrogens is 392 g/mol. The number of hydrogen-bond acceptors (Lipinski definition) is 3. The number of hydrogen-bond donors (Lipinski definition) is 3. The minimum absolute atomic E-state index is 0.0227. The summed E-state index contributed by atoms with van der Waals surface area (Å²) < 4.78 is 0. The molecule has 1 fully saturated rings. The number of amides is 4. The SMILES string of the molecule is C[C@@H]([NH2+]CC(=O)NN1C(=O)N[C@@](C)(c2ccccc2)C1=O)c1cccc2ccccc12. The molecule has 7 nitrogen and oxygen atoms in total. The van der Waals surface area contributed by atoms with Crippen molar-refractivity contribution in [2.75, 3.05) is 6.54 Å². The average molecular weight is 417 g/mol. The van der Waals surface area contributed by atoms with Crippen molar-refractivity contribution in [1.29, 1.82) is 0 Å². The van der Waals surface area contributed by atoms with E-state index in [4.69, 9.17) is 0 Å². The Labute approximate surface area is 180 Å². The number of nitrogens with two attached hydrogens (primary N) is 1. The number of nitrogens with zero attached hydrogens (tertiary/aromatic N) is 1. The molecule has 0 saturated carbocycles. The molecule has 1 heterocycles. The number of hydrazine groups is 1. The van der Waals surface area contributed by atoms with E-state index in [9.17, 15) is 14.4 Å². The lowest BCUT2D eigenvalue weighted by Gasteiger charge is -2.22. The van der Waals surface area contributed by atoms with Crippen molar-refractivity contribution in [3.63, 3.8) is 0 Å². The van der Waals surface area contributed by atoms with Crippen LogP contribution in [0.5, 0.6) is 0 Å². The minimum atomic E-state index is -1.22. The summed E-state index contributed by atoms with van der Waals surface area (Å²) in [6.45, 7) is 3.72. The van der Waals surface area contributed by atoms with E-state index in [-0.39, 0.29) is 12.6 Å². The van der Waals surface area contributed by atoms with Crippen LogP contribution in [0.2, 0.25) is 0 Å². The molecule has 31 heavy (non-hydrogen) atoms. The molecule has 0 radical (unpaired) electrons. The van der Waals surface area contributed by atoms with Crippen molar-refractivity contribution in [2.45, 2.75) is 25.4 Å². The highest BCUT2D eigenvalue weighted by atomic mass is 16.2. The van der Waals surface area contributed by atoms with Crippen LogP contribution < -0.4 is 16.1 Å². The molecule has 1 aliphatic rings. The van der Waals surface area contributed by atoms with Crippen LogP contribution in [-0.4, -0.2) is 29.4 Å². The fraction of sp³-hybridized carbons (Fsp3) is 0.208. The molecule has 0 aliphatic carbocycles. The van der Waals surface area contributed by atoms with Gasteiger partial charge in [-0.25, -0.2) is 4.79 Å². The van der Waals surface area contributed by atoms with E-state index in [1.54, 1.807) is 31.2 Å². The lowest BCUT2D eigenvalue weighted by atomic mass is 9.92. The van der Waals surface area contributed by atoms with Crippen LogP contribution in [0.25, 0.3) is 10.8 Å². The second-order valence-electron chi connectivity index (χ2n) is 7.89. The van der Waals surface area contributed by atoms with Gasteiger partial charge in [0.25, 0.3) is 11.8 Å². The molecule has 4 rings (SSSR count). The van der Waals surface area contributed by atoms with Crippen LogP contribution in [0, 0.1) is 0 Å². The highest BCUT2D eigenvalue weighted by molar-refractivity contribution is 6.08. The molecule has 3 aromatic carbocycles. The maximum absolute atomic E-state index is 12.9. The van der Waals surface area contributed by atoms with Gasteiger partial charge in [0.05, 0.1) is 0 Å². The first kappa shape index (κ1) is 20.6. The monoisotopic (exact) mass is 417 g/mol. The number of fused-ring (bicyclic) bond motifs is 1. The quantitative estimate of drug-likeness (QED) is 0.535. The number of urea groups is 1. The first-order valence-corrected chi connectivity index (χ1v) is 10.2.